The van der Waals surface area contributed by atoms with Crippen LogP contribution in [0, 0.1) is 6.92 Å². The zero-order valence-corrected chi connectivity index (χ0v) is 9.41. The Bertz CT molecular complexity index is 352. The molecule has 0 fully saturated rings. The molecule has 0 amide bonds. The number of aliphatic carboxylic acids is 1. The highest BCUT2D eigenvalue weighted by atomic mass is 79.9. The van der Waals surface area contributed by atoms with Crippen molar-refractivity contribution in [3.8, 4) is 0 Å². The largest absolute Gasteiger partial charge is 0.481 e. The van der Waals surface area contributed by atoms with Crippen molar-refractivity contribution in [3.63, 3.8) is 0 Å². The van der Waals surface area contributed by atoms with Crippen molar-refractivity contribution in [1.82, 2.24) is 0 Å². The van der Waals surface area contributed by atoms with Crippen LogP contribution in [0.2, 0.25) is 0 Å². The van der Waals surface area contributed by atoms with Crippen LogP contribution in [-0.4, -0.2) is 11.1 Å². The van der Waals surface area contributed by atoms with Gasteiger partial charge < -0.3 is 10.8 Å². The molecule has 1 atom stereocenters. The molecule has 0 unspecified atom stereocenters. The van der Waals surface area contributed by atoms with Gasteiger partial charge in [0.25, 0.3) is 0 Å². The maximum Gasteiger partial charge on any atom is 0.305 e. The van der Waals surface area contributed by atoms with Crippen LogP contribution in [0.15, 0.2) is 22.7 Å². The zero-order valence-electron chi connectivity index (χ0n) is 7.83. The van der Waals surface area contributed by atoms with Gasteiger partial charge in [0.2, 0.25) is 0 Å². The summed E-state index contributed by atoms with van der Waals surface area (Å²) in [6.45, 7) is 1.97. The van der Waals surface area contributed by atoms with E-state index < -0.39 is 12.0 Å². The average molecular weight is 258 g/mol. The first-order valence-corrected chi connectivity index (χ1v) is 5.03. The van der Waals surface area contributed by atoms with Gasteiger partial charge in [0.15, 0.2) is 0 Å². The smallest absolute Gasteiger partial charge is 0.305 e. The van der Waals surface area contributed by atoms with Crippen molar-refractivity contribution >= 4 is 21.9 Å². The van der Waals surface area contributed by atoms with Gasteiger partial charge in [-0.2, -0.15) is 0 Å². The fourth-order valence-electron chi connectivity index (χ4n) is 1.23. The van der Waals surface area contributed by atoms with Crippen molar-refractivity contribution in [2.75, 3.05) is 0 Å². The molecule has 3 nitrogen and oxygen atoms in total. The number of rotatable bonds is 3. The summed E-state index contributed by atoms with van der Waals surface area (Å²) in [5, 5.41) is 8.60. The summed E-state index contributed by atoms with van der Waals surface area (Å²) >= 11 is 3.36. The molecule has 3 N–H and O–H groups in total. The summed E-state index contributed by atoms with van der Waals surface area (Å²) in [5.41, 5.74) is 7.68. The molecule has 76 valence electrons. The first-order chi connectivity index (χ1) is 6.50. The number of hydrogen-bond donors (Lipinski definition) is 2. The Kier molecular flexibility index (Phi) is 3.66. The molecule has 0 heterocycles. The van der Waals surface area contributed by atoms with Gasteiger partial charge in [-0.25, -0.2) is 0 Å². The fourth-order valence-corrected chi connectivity index (χ4v) is 2.02. The number of nitrogens with two attached hydrogens (primary N) is 1. The predicted octanol–water partition coefficient (Wildman–Crippen LogP) is 2.23. The molecule has 0 aliphatic carbocycles. The van der Waals surface area contributed by atoms with E-state index in [1.165, 1.54) is 0 Å². The summed E-state index contributed by atoms with van der Waals surface area (Å²) in [7, 11) is 0. The molecule has 0 spiro atoms. The topological polar surface area (TPSA) is 63.3 Å². The lowest BCUT2D eigenvalue weighted by Gasteiger charge is -2.11. The van der Waals surface area contributed by atoms with Crippen LogP contribution in [0.3, 0.4) is 0 Å². The lowest BCUT2D eigenvalue weighted by atomic mass is 10.0. The van der Waals surface area contributed by atoms with Gasteiger partial charge >= 0.3 is 5.97 Å². The molecule has 1 rings (SSSR count). The number of carbonyl (C=O) groups is 1. The van der Waals surface area contributed by atoms with Crippen LogP contribution < -0.4 is 5.73 Å². The Morgan fingerprint density at radius 2 is 2.29 bits per heavy atom. The molecule has 1 aromatic carbocycles. The van der Waals surface area contributed by atoms with E-state index in [9.17, 15) is 4.79 Å². The van der Waals surface area contributed by atoms with Crippen molar-refractivity contribution in [2.45, 2.75) is 19.4 Å². The Hall–Kier alpha value is -0.870. The maximum atomic E-state index is 10.5. The zero-order chi connectivity index (χ0) is 10.7. The quantitative estimate of drug-likeness (QED) is 0.873. The molecule has 0 aromatic heterocycles. The van der Waals surface area contributed by atoms with Crippen molar-refractivity contribution in [3.05, 3.63) is 33.8 Å². The second-order valence-corrected chi connectivity index (χ2v) is 4.08. The molecule has 1 aromatic rings. The average Bonchev–Trinajstić information content (AvgIpc) is 2.01. The number of carboxylic acids is 1. The van der Waals surface area contributed by atoms with E-state index in [1.54, 1.807) is 0 Å². The van der Waals surface area contributed by atoms with Crippen LogP contribution in [0.1, 0.15) is 23.6 Å². The van der Waals surface area contributed by atoms with E-state index in [1.807, 2.05) is 25.1 Å². The van der Waals surface area contributed by atoms with Gasteiger partial charge in [0.05, 0.1) is 6.42 Å². The first kappa shape index (κ1) is 11.2. The van der Waals surface area contributed by atoms with E-state index in [0.29, 0.717) is 0 Å². The highest BCUT2D eigenvalue weighted by Crippen LogP contribution is 2.24. The van der Waals surface area contributed by atoms with Gasteiger partial charge in [0.1, 0.15) is 0 Å². The second kappa shape index (κ2) is 4.57. The van der Waals surface area contributed by atoms with Crippen LogP contribution >= 0.6 is 15.9 Å². The predicted molar refractivity (Wildman–Crippen MR) is 58.1 cm³/mol. The lowest BCUT2D eigenvalue weighted by Crippen LogP contribution is -2.15. The minimum absolute atomic E-state index is 0.0539. The highest BCUT2D eigenvalue weighted by molar-refractivity contribution is 9.10. The number of hydrogen-bond acceptors (Lipinski definition) is 2. The Morgan fingerprint density at radius 1 is 1.64 bits per heavy atom. The molecular formula is C10H12BrNO2. The molecule has 4 heteroatoms. The van der Waals surface area contributed by atoms with Crippen LogP contribution in [0.5, 0.6) is 0 Å². The fraction of sp³-hybridized carbons (Fsp3) is 0.300. The minimum atomic E-state index is -0.884. The molecule has 0 saturated carbocycles. The Balaban J connectivity index is 2.90. The van der Waals surface area contributed by atoms with Crippen LogP contribution in [-0.2, 0) is 4.79 Å². The van der Waals surface area contributed by atoms with Gasteiger partial charge in [0, 0.05) is 10.5 Å². The maximum absolute atomic E-state index is 10.5. The van der Waals surface area contributed by atoms with E-state index >= 15 is 0 Å². The number of halogens is 1. The van der Waals surface area contributed by atoms with Crippen molar-refractivity contribution in [1.29, 1.82) is 0 Å². The third kappa shape index (κ3) is 2.82. The number of benzene rings is 1. The first-order valence-electron chi connectivity index (χ1n) is 4.24. The van der Waals surface area contributed by atoms with Crippen LogP contribution in [0.25, 0.3) is 0 Å². The molecule has 14 heavy (non-hydrogen) atoms. The summed E-state index contributed by atoms with van der Waals surface area (Å²) in [5.74, 6) is -0.884. The number of carboxylic acid groups (broad SMARTS) is 1. The second-order valence-electron chi connectivity index (χ2n) is 3.23. The third-order valence-corrected chi connectivity index (χ3v) is 2.64. The van der Waals surface area contributed by atoms with Crippen LogP contribution in [0.4, 0.5) is 0 Å². The van der Waals surface area contributed by atoms with Gasteiger partial charge in [-0.1, -0.05) is 28.1 Å². The number of aryl methyl sites for hydroxylation is 1. The van der Waals surface area contributed by atoms with Crippen molar-refractivity contribution in [2.24, 2.45) is 5.73 Å². The standard InChI is InChI=1S/C10H12BrNO2/c1-6-2-3-7(8(11)4-6)9(12)5-10(13)14/h2-4,9H,5,12H2,1H3,(H,13,14)/t9-/m1/s1. The molecule has 0 bridgehead atoms. The van der Waals surface area contributed by atoms with Gasteiger partial charge in [-0.15, -0.1) is 0 Å². The Morgan fingerprint density at radius 3 is 2.79 bits per heavy atom. The minimum Gasteiger partial charge on any atom is -0.481 e. The van der Waals surface area contributed by atoms with Gasteiger partial charge in [-0.05, 0) is 24.1 Å². The highest BCUT2D eigenvalue weighted by Gasteiger charge is 2.13. The third-order valence-electron chi connectivity index (χ3n) is 1.95. The Labute approximate surface area is 91.1 Å². The summed E-state index contributed by atoms with van der Waals surface area (Å²) in [4.78, 5) is 10.5. The van der Waals surface area contributed by atoms with E-state index in [-0.39, 0.29) is 6.42 Å². The molecule has 0 radical (unpaired) electrons. The normalized spacial score (nSPS) is 12.5. The lowest BCUT2D eigenvalue weighted by molar-refractivity contribution is -0.137. The monoisotopic (exact) mass is 257 g/mol. The summed E-state index contributed by atoms with van der Waals surface area (Å²) < 4.78 is 0.867. The van der Waals surface area contributed by atoms with Gasteiger partial charge in [-0.3, -0.25) is 4.79 Å². The van der Waals surface area contributed by atoms with Crippen molar-refractivity contribution < 1.29 is 9.90 Å². The molecular weight excluding hydrogens is 246 g/mol. The molecule has 0 saturated heterocycles. The molecule has 0 aliphatic rings. The summed E-state index contributed by atoms with van der Waals surface area (Å²) in [6.07, 6.45) is -0.0539. The summed E-state index contributed by atoms with van der Waals surface area (Å²) in [6, 6.07) is 5.24. The van der Waals surface area contributed by atoms with E-state index in [0.717, 1.165) is 15.6 Å². The molecule has 0 aliphatic heterocycles. The van der Waals surface area contributed by atoms with E-state index in [2.05, 4.69) is 15.9 Å². The SMILES string of the molecule is Cc1ccc([C@H](N)CC(=O)O)c(Br)c1. The van der Waals surface area contributed by atoms with E-state index in [4.69, 9.17) is 10.8 Å².